The predicted octanol–water partition coefficient (Wildman–Crippen LogP) is 2.74. The average molecular weight is 351 g/mol. The summed E-state index contributed by atoms with van der Waals surface area (Å²) in [7, 11) is 0. The summed E-state index contributed by atoms with van der Waals surface area (Å²) in [5, 5.41) is 19.9. The number of hydrogen-bond acceptors (Lipinski definition) is 4. The molecule has 2 aliphatic heterocycles. The highest BCUT2D eigenvalue weighted by Crippen LogP contribution is 2.31. The van der Waals surface area contributed by atoms with Gasteiger partial charge in [-0.15, -0.1) is 0 Å². The molecule has 3 rings (SSSR count). The van der Waals surface area contributed by atoms with Crippen molar-refractivity contribution in [3.63, 3.8) is 0 Å². The Morgan fingerprint density at radius 3 is 2.46 bits per heavy atom. The Balaban J connectivity index is 0.000000224. The molecule has 2 bridgehead atoms. The molecule has 2 atom stereocenters. The van der Waals surface area contributed by atoms with E-state index in [-0.39, 0.29) is 0 Å². The van der Waals surface area contributed by atoms with E-state index in [1.54, 1.807) is 0 Å². The molecule has 3 N–H and O–H groups in total. The highest BCUT2D eigenvalue weighted by molar-refractivity contribution is 6.29. The molecule has 1 fully saturated rings. The van der Waals surface area contributed by atoms with Crippen LogP contribution in [0.2, 0.25) is 5.15 Å². The summed E-state index contributed by atoms with van der Waals surface area (Å²) in [5.74, 6) is -2.51. The average Bonchev–Trinajstić information content (AvgIpc) is 2.88. The van der Waals surface area contributed by atoms with Gasteiger partial charge in [-0.3, -0.25) is 0 Å². The van der Waals surface area contributed by atoms with E-state index in [4.69, 9.17) is 21.8 Å². The number of aromatic nitrogens is 1. The number of pyridine rings is 1. The summed E-state index contributed by atoms with van der Waals surface area (Å²) < 4.78 is 0. The van der Waals surface area contributed by atoms with Gasteiger partial charge >= 0.3 is 11.9 Å². The van der Waals surface area contributed by atoms with E-state index in [0.717, 1.165) is 6.04 Å². The number of carbonyl (C=O) groups is 2. The molecule has 3 heterocycles. The lowest BCUT2D eigenvalue weighted by Gasteiger charge is -2.15. The Morgan fingerprint density at radius 1 is 1.17 bits per heavy atom. The first kappa shape index (κ1) is 18.2. The number of carboxylic acids is 2. The number of allylic oxidation sites excluding steroid dienone is 1. The van der Waals surface area contributed by atoms with Gasteiger partial charge in [0.1, 0.15) is 5.15 Å². The summed E-state index contributed by atoms with van der Waals surface area (Å²) in [4.78, 5) is 23.3. The predicted molar refractivity (Wildman–Crippen MR) is 90.8 cm³/mol. The molecule has 128 valence electrons. The molecule has 1 saturated heterocycles. The van der Waals surface area contributed by atoms with Crippen LogP contribution in [0.1, 0.15) is 31.2 Å². The minimum absolute atomic E-state index is 0.524. The van der Waals surface area contributed by atoms with Crippen LogP contribution in [0.4, 0.5) is 0 Å². The monoisotopic (exact) mass is 350 g/mol. The molecule has 0 unspecified atom stereocenters. The fraction of sp³-hybridized carbons (Fsp3) is 0.353. The molecular formula is C17H19ClN2O4. The first-order valence-corrected chi connectivity index (χ1v) is 8.05. The van der Waals surface area contributed by atoms with Crippen LogP contribution < -0.4 is 5.32 Å². The molecule has 0 radical (unpaired) electrons. The van der Waals surface area contributed by atoms with Crippen LogP contribution in [-0.2, 0) is 9.59 Å². The minimum Gasteiger partial charge on any atom is -0.478 e. The topological polar surface area (TPSA) is 99.5 Å². The maximum Gasteiger partial charge on any atom is 0.328 e. The summed E-state index contributed by atoms with van der Waals surface area (Å²) in [5.41, 5.74) is 2.62. The van der Waals surface area contributed by atoms with Crippen LogP contribution in [0.25, 0.3) is 5.57 Å². The summed E-state index contributed by atoms with van der Waals surface area (Å²) >= 11 is 5.82. The molecule has 0 spiro atoms. The SMILES string of the molecule is Clc1ccc(C2=CCC[C@@H]3CC[C@H]2N3)cn1.O=C(O)/C=C/C(=O)O. The van der Waals surface area contributed by atoms with Gasteiger partial charge in [-0.25, -0.2) is 14.6 Å². The molecule has 24 heavy (non-hydrogen) atoms. The maximum absolute atomic E-state index is 9.55. The smallest absolute Gasteiger partial charge is 0.328 e. The van der Waals surface area contributed by atoms with Gasteiger partial charge in [-0.05, 0) is 42.9 Å². The van der Waals surface area contributed by atoms with Crippen LogP contribution in [0.5, 0.6) is 0 Å². The third-order valence-corrected chi connectivity index (χ3v) is 4.15. The van der Waals surface area contributed by atoms with Gasteiger partial charge in [0.25, 0.3) is 0 Å². The van der Waals surface area contributed by atoms with Gasteiger partial charge in [-0.2, -0.15) is 0 Å². The van der Waals surface area contributed by atoms with Gasteiger partial charge in [0.2, 0.25) is 0 Å². The van der Waals surface area contributed by atoms with Crippen molar-refractivity contribution in [1.29, 1.82) is 0 Å². The summed E-state index contributed by atoms with van der Waals surface area (Å²) in [6, 6.07) is 5.19. The molecule has 7 heteroatoms. The normalized spacial score (nSPS) is 22.3. The lowest BCUT2D eigenvalue weighted by molar-refractivity contribution is -0.134. The third kappa shape index (κ3) is 5.47. The third-order valence-electron chi connectivity index (χ3n) is 3.92. The highest BCUT2D eigenvalue weighted by Gasteiger charge is 2.28. The Bertz CT molecular complexity index is 639. The molecule has 0 amide bonds. The van der Waals surface area contributed by atoms with Crippen LogP contribution >= 0.6 is 11.6 Å². The zero-order valence-corrected chi connectivity index (χ0v) is 13.7. The second kappa shape index (κ2) is 8.61. The van der Waals surface area contributed by atoms with E-state index in [9.17, 15) is 9.59 Å². The molecule has 0 aliphatic carbocycles. The Hall–Kier alpha value is -2.18. The van der Waals surface area contributed by atoms with Crippen molar-refractivity contribution in [1.82, 2.24) is 10.3 Å². The highest BCUT2D eigenvalue weighted by atomic mass is 35.5. The fourth-order valence-electron chi connectivity index (χ4n) is 2.88. The standard InChI is InChI=1S/C13H15ClN2.C4H4O4/c14-13-7-4-9(8-15-13)11-3-1-2-10-5-6-12(11)16-10;5-3(6)1-2-4(7)8/h3-4,7-8,10,12,16H,1-2,5-6H2;1-2H,(H,5,6)(H,7,8)/b;2-1+/t10-,12-;/m1./s1. The maximum atomic E-state index is 9.55. The number of fused-ring (bicyclic) bond motifs is 2. The molecular weight excluding hydrogens is 332 g/mol. The van der Waals surface area contributed by atoms with Gasteiger partial charge in [-0.1, -0.05) is 23.7 Å². The van der Waals surface area contributed by atoms with E-state index in [1.165, 1.54) is 36.8 Å². The number of aliphatic carboxylic acids is 2. The molecule has 0 aromatic carbocycles. The van der Waals surface area contributed by atoms with Crippen LogP contribution in [0, 0.1) is 0 Å². The zero-order valence-electron chi connectivity index (χ0n) is 13.0. The first-order chi connectivity index (χ1) is 11.5. The van der Waals surface area contributed by atoms with E-state index < -0.39 is 11.9 Å². The van der Waals surface area contributed by atoms with E-state index in [2.05, 4.69) is 22.4 Å². The van der Waals surface area contributed by atoms with Gasteiger partial charge in [0.15, 0.2) is 0 Å². The number of rotatable bonds is 3. The lowest BCUT2D eigenvalue weighted by Crippen LogP contribution is -2.28. The molecule has 0 saturated carbocycles. The Kier molecular flexibility index (Phi) is 6.52. The van der Waals surface area contributed by atoms with Crippen molar-refractivity contribution < 1.29 is 19.8 Å². The van der Waals surface area contributed by atoms with Crippen LogP contribution in [-0.4, -0.2) is 39.2 Å². The quantitative estimate of drug-likeness (QED) is 0.572. The van der Waals surface area contributed by atoms with Crippen LogP contribution in [0.15, 0.2) is 36.6 Å². The number of hydrogen-bond donors (Lipinski definition) is 3. The van der Waals surface area contributed by atoms with Crippen molar-refractivity contribution in [2.45, 2.75) is 37.8 Å². The van der Waals surface area contributed by atoms with Crippen LogP contribution in [0.3, 0.4) is 0 Å². The van der Waals surface area contributed by atoms with Crippen molar-refractivity contribution in [2.75, 3.05) is 0 Å². The Labute approximate surface area is 144 Å². The number of halogens is 1. The number of nitrogens with zero attached hydrogens (tertiary/aromatic N) is 1. The molecule has 1 aromatic heterocycles. The number of nitrogens with one attached hydrogen (secondary N) is 1. The van der Waals surface area contributed by atoms with Crippen molar-refractivity contribution in [3.05, 3.63) is 47.3 Å². The number of carboxylic acid groups (broad SMARTS) is 2. The summed E-state index contributed by atoms with van der Waals surface area (Å²) in [6.45, 7) is 0. The van der Waals surface area contributed by atoms with Gasteiger partial charge in [0, 0.05) is 30.4 Å². The summed E-state index contributed by atoms with van der Waals surface area (Å²) in [6.07, 6.45) is 10.4. The first-order valence-electron chi connectivity index (χ1n) is 7.67. The van der Waals surface area contributed by atoms with Gasteiger partial charge < -0.3 is 15.5 Å². The lowest BCUT2D eigenvalue weighted by atomic mass is 9.95. The molecule has 2 aliphatic rings. The second-order valence-electron chi connectivity index (χ2n) is 5.61. The molecule has 6 nitrogen and oxygen atoms in total. The second-order valence-corrected chi connectivity index (χ2v) is 6.00. The van der Waals surface area contributed by atoms with Crippen molar-refractivity contribution >= 4 is 29.1 Å². The minimum atomic E-state index is -1.26. The Morgan fingerprint density at radius 2 is 1.88 bits per heavy atom. The van der Waals surface area contributed by atoms with Gasteiger partial charge in [0.05, 0.1) is 0 Å². The van der Waals surface area contributed by atoms with E-state index >= 15 is 0 Å². The zero-order chi connectivity index (χ0) is 17.5. The van der Waals surface area contributed by atoms with Crippen molar-refractivity contribution in [3.8, 4) is 0 Å². The van der Waals surface area contributed by atoms with E-state index in [1.807, 2.05) is 12.3 Å². The largest absolute Gasteiger partial charge is 0.478 e. The fourth-order valence-corrected chi connectivity index (χ4v) is 2.99. The van der Waals surface area contributed by atoms with E-state index in [0.29, 0.717) is 23.3 Å². The molecule has 1 aromatic rings. The van der Waals surface area contributed by atoms with Crippen molar-refractivity contribution in [2.24, 2.45) is 0 Å².